The maximum atomic E-state index is 12.9. The summed E-state index contributed by atoms with van der Waals surface area (Å²) in [5.41, 5.74) is 0.693. The van der Waals surface area contributed by atoms with E-state index in [2.05, 4.69) is 20.5 Å². The van der Waals surface area contributed by atoms with Crippen molar-refractivity contribution in [3.8, 4) is 0 Å². The van der Waals surface area contributed by atoms with Gasteiger partial charge < -0.3 is 24.9 Å². The highest BCUT2D eigenvalue weighted by molar-refractivity contribution is 5.96. The Morgan fingerprint density at radius 2 is 1.81 bits per heavy atom. The molecule has 2 unspecified atom stereocenters. The van der Waals surface area contributed by atoms with Crippen LogP contribution in [0.3, 0.4) is 0 Å². The van der Waals surface area contributed by atoms with Crippen molar-refractivity contribution >= 4 is 28.7 Å². The molecule has 2 aliphatic heterocycles. The highest BCUT2D eigenvalue weighted by Gasteiger charge is 2.29. The average Bonchev–Trinajstić information content (AvgIpc) is 3.47. The van der Waals surface area contributed by atoms with E-state index in [1.807, 2.05) is 42.5 Å². The second kappa shape index (κ2) is 8.90. The van der Waals surface area contributed by atoms with Gasteiger partial charge in [-0.2, -0.15) is 0 Å². The fraction of sp³-hybridized carbons (Fsp3) is 0.375. The van der Waals surface area contributed by atoms with Gasteiger partial charge in [0.05, 0.1) is 0 Å². The lowest BCUT2D eigenvalue weighted by Crippen LogP contribution is -2.54. The molecule has 2 saturated heterocycles. The standard InChI is InChI=1S/C24H27N5O3/c30-23(21-14-17-6-1-2-8-20(17)32-21)26-18-7-5-12-29(16-18)24(31)27-19-10-13-28(15-19)22-9-3-4-11-25-22/h1-4,6,8-9,11,14,18-19H,5,7,10,12-13,15-16H2,(H,26,30)(H,27,31). The largest absolute Gasteiger partial charge is 0.451 e. The van der Waals surface area contributed by atoms with Crippen LogP contribution in [0.5, 0.6) is 0 Å². The van der Waals surface area contributed by atoms with E-state index in [1.165, 1.54) is 0 Å². The Kier molecular flexibility index (Phi) is 5.66. The Balaban J connectivity index is 1.14. The number of hydrogen-bond donors (Lipinski definition) is 2. The minimum absolute atomic E-state index is 0.0689. The number of amides is 3. The number of fused-ring (bicyclic) bond motifs is 1. The Hall–Kier alpha value is -3.55. The average molecular weight is 434 g/mol. The summed E-state index contributed by atoms with van der Waals surface area (Å²) in [6.45, 7) is 2.81. The molecular formula is C24H27N5O3. The molecule has 3 amide bonds. The third kappa shape index (κ3) is 4.39. The van der Waals surface area contributed by atoms with Gasteiger partial charge >= 0.3 is 6.03 Å². The Bertz CT molecular complexity index is 1070. The van der Waals surface area contributed by atoms with E-state index in [1.54, 1.807) is 17.2 Å². The summed E-state index contributed by atoms with van der Waals surface area (Å²) in [5.74, 6) is 0.999. The summed E-state index contributed by atoms with van der Waals surface area (Å²) < 4.78 is 5.67. The molecule has 5 rings (SSSR count). The van der Waals surface area contributed by atoms with Gasteiger partial charge in [0.2, 0.25) is 0 Å². The highest BCUT2D eigenvalue weighted by atomic mass is 16.3. The van der Waals surface area contributed by atoms with Crippen molar-refractivity contribution in [2.45, 2.75) is 31.3 Å². The number of carbonyl (C=O) groups is 2. The molecule has 2 aromatic heterocycles. The number of para-hydroxylation sites is 1. The summed E-state index contributed by atoms with van der Waals surface area (Å²) in [5, 5.41) is 7.09. The number of rotatable bonds is 4. The molecule has 0 radical (unpaired) electrons. The summed E-state index contributed by atoms with van der Waals surface area (Å²) >= 11 is 0. The van der Waals surface area contributed by atoms with Crippen molar-refractivity contribution in [2.75, 3.05) is 31.1 Å². The molecule has 0 bridgehead atoms. The van der Waals surface area contributed by atoms with Gasteiger partial charge in [-0.3, -0.25) is 4.79 Å². The highest BCUT2D eigenvalue weighted by Crippen LogP contribution is 2.20. The van der Waals surface area contributed by atoms with Gasteiger partial charge in [-0.05, 0) is 43.5 Å². The number of pyridine rings is 1. The van der Waals surface area contributed by atoms with Crippen LogP contribution < -0.4 is 15.5 Å². The van der Waals surface area contributed by atoms with E-state index in [0.717, 1.165) is 43.6 Å². The summed E-state index contributed by atoms with van der Waals surface area (Å²) in [6, 6.07) is 15.1. The molecule has 2 fully saturated rings. The molecule has 166 valence electrons. The molecule has 2 aliphatic rings. The van der Waals surface area contributed by atoms with Gasteiger partial charge in [-0.15, -0.1) is 0 Å². The van der Waals surface area contributed by atoms with Gasteiger partial charge in [-0.25, -0.2) is 9.78 Å². The molecule has 3 aromatic rings. The molecule has 8 heteroatoms. The van der Waals surface area contributed by atoms with Gasteiger partial charge in [0.25, 0.3) is 5.91 Å². The first-order valence-corrected chi connectivity index (χ1v) is 11.2. The molecule has 2 N–H and O–H groups in total. The van der Waals surface area contributed by atoms with Crippen molar-refractivity contribution in [2.24, 2.45) is 0 Å². The number of piperidine rings is 1. The van der Waals surface area contributed by atoms with Crippen LogP contribution in [-0.2, 0) is 0 Å². The summed E-state index contributed by atoms with van der Waals surface area (Å²) in [7, 11) is 0. The lowest BCUT2D eigenvalue weighted by molar-refractivity contribution is 0.0884. The van der Waals surface area contributed by atoms with Gasteiger partial charge in [0, 0.05) is 49.8 Å². The first-order valence-electron chi connectivity index (χ1n) is 11.2. The number of likely N-dealkylation sites (tertiary alicyclic amines) is 1. The number of nitrogens with zero attached hydrogens (tertiary/aromatic N) is 3. The zero-order valence-electron chi connectivity index (χ0n) is 17.9. The van der Waals surface area contributed by atoms with Crippen LogP contribution in [-0.4, -0.2) is 60.1 Å². The van der Waals surface area contributed by atoms with E-state index in [0.29, 0.717) is 24.4 Å². The van der Waals surface area contributed by atoms with Gasteiger partial charge in [-0.1, -0.05) is 24.3 Å². The van der Waals surface area contributed by atoms with Crippen LogP contribution in [0.15, 0.2) is 59.1 Å². The number of anilines is 1. The maximum absolute atomic E-state index is 12.9. The molecule has 32 heavy (non-hydrogen) atoms. The van der Waals surface area contributed by atoms with E-state index in [4.69, 9.17) is 4.42 Å². The maximum Gasteiger partial charge on any atom is 0.317 e. The molecule has 0 aliphatic carbocycles. The van der Waals surface area contributed by atoms with Crippen LogP contribution >= 0.6 is 0 Å². The Morgan fingerprint density at radius 1 is 0.969 bits per heavy atom. The molecule has 2 atom stereocenters. The normalized spacial score (nSPS) is 21.0. The van der Waals surface area contributed by atoms with Crippen LogP contribution in [0, 0.1) is 0 Å². The number of hydrogen-bond acceptors (Lipinski definition) is 5. The molecular weight excluding hydrogens is 406 g/mol. The molecule has 8 nitrogen and oxygen atoms in total. The molecule has 0 saturated carbocycles. The predicted molar refractivity (Wildman–Crippen MR) is 122 cm³/mol. The van der Waals surface area contributed by atoms with Gasteiger partial charge in [0.15, 0.2) is 5.76 Å². The summed E-state index contributed by atoms with van der Waals surface area (Å²) in [6.07, 6.45) is 4.37. The molecule has 0 spiro atoms. The zero-order valence-corrected chi connectivity index (χ0v) is 17.9. The van der Waals surface area contributed by atoms with Crippen molar-refractivity contribution in [3.63, 3.8) is 0 Å². The van der Waals surface area contributed by atoms with Crippen molar-refractivity contribution in [1.29, 1.82) is 0 Å². The van der Waals surface area contributed by atoms with Crippen LogP contribution in [0.4, 0.5) is 10.6 Å². The second-order valence-electron chi connectivity index (χ2n) is 8.48. The first-order chi connectivity index (χ1) is 15.7. The number of benzene rings is 1. The van der Waals surface area contributed by atoms with Crippen molar-refractivity contribution in [3.05, 3.63) is 60.5 Å². The predicted octanol–water partition coefficient (Wildman–Crippen LogP) is 3.01. The Morgan fingerprint density at radius 3 is 2.66 bits per heavy atom. The first kappa shape index (κ1) is 20.4. The van der Waals surface area contributed by atoms with Gasteiger partial charge in [0.1, 0.15) is 11.4 Å². The van der Waals surface area contributed by atoms with E-state index in [-0.39, 0.29) is 24.0 Å². The van der Waals surface area contributed by atoms with E-state index < -0.39 is 0 Å². The van der Waals surface area contributed by atoms with Crippen LogP contribution in [0.25, 0.3) is 11.0 Å². The lowest BCUT2D eigenvalue weighted by atomic mass is 10.1. The number of aromatic nitrogens is 1. The molecule has 1 aromatic carbocycles. The fourth-order valence-corrected chi connectivity index (χ4v) is 4.52. The number of furan rings is 1. The minimum Gasteiger partial charge on any atom is -0.451 e. The fourth-order valence-electron chi connectivity index (χ4n) is 4.52. The van der Waals surface area contributed by atoms with E-state index in [9.17, 15) is 9.59 Å². The number of urea groups is 1. The van der Waals surface area contributed by atoms with E-state index >= 15 is 0 Å². The topological polar surface area (TPSA) is 90.7 Å². The smallest absolute Gasteiger partial charge is 0.317 e. The van der Waals surface area contributed by atoms with Crippen molar-refractivity contribution < 1.29 is 14.0 Å². The number of nitrogens with one attached hydrogen (secondary N) is 2. The molecule has 4 heterocycles. The van der Waals surface area contributed by atoms with Crippen LogP contribution in [0.2, 0.25) is 0 Å². The number of carbonyl (C=O) groups excluding carboxylic acids is 2. The third-order valence-electron chi connectivity index (χ3n) is 6.18. The van der Waals surface area contributed by atoms with Crippen molar-refractivity contribution in [1.82, 2.24) is 20.5 Å². The second-order valence-corrected chi connectivity index (χ2v) is 8.48. The summed E-state index contributed by atoms with van der Waals surface area (Å²) in [4.78, 5) is 33.9. The van der Waals surface area contributed by atoms with Crippen LogP contribution in [0.1, 0.15) is 29.8 Å². The SMILES string of the molecule is O=C(NC1CCCN(C(=O)NC2CCN(c3ccccn3)C2)C1)c1cc2ccccc2o1. The zero-order chi connectivity index (χ0) is 21.9. The third-order valence-corrected chi connectivity index (χ3v) is 6.18. The lowest BCUT2D eigenvalue weighted by Gasteiger charge is -2.33. The minimum atomic E-state index is -0.241. The quantitative estimate of drug-likeness (QED) is 0.660. The Labute approximate surface area is 186 Å². The monoisotopic (exact) mass is 433 g/mol.